The predicted molar refractivity (Wildman–Crippen MR) is 94.4 cm³/mol. The van der Waals surface area contributed by atoms with Crippen molar-refractivity contribution in [1.29, 1.82) is 0 Å². The van der Waals surface area contributed by atoms with Crippen LogP contribution in [0.5, 0.6) is 0 Å². The lowest BCUT2D eigenvalue weighted by molar-refractivity contribution is -0.139. The molecule has 5 N–H and O–H groups in total. The van der Waals surface area contributed by atoms with Crippen LogP contribution in [-0.4, -0.2) is 35.6 Å². The molecule has 1 aromatic rings. The van der Waals surface area contributed by atoms with Crippen LogP contribution in [0.3, 0.4) is 0 Å². The Labute approximate surface area is 143 Å². The van der Waals surface area contributed by atoms with E-state index in [0.717, 1.165) is 31.4 Å². The number of amides is 1. The van der Waals surface area contributed by atoms with Gasteiger partial charge in [0.05, 0.1) is 6.04 Å². The highest BCUT2D eigenvalue weighted by Crippen LogP contribution is 2.06. The summed E-state index contributed by atoms with van der Waals surface area (Å²) in [5.74, 6) is -0.573. The highest BCUT2D eigenvalue weighted by Gasteiger charge is 2.20. The Balaban J connectivity index is 0.000000300. The Bertz CT molecular complexity index is 501. The zero-order chi connectivity index (χ0) is 17.9. The second-order valence-corrected chi connectivity index (χ2v) is 6.10. The van der Waals surface area contributed by atoms with Gasteiger partial charge in [0.1, 0.15) is 6.04 Å². The molecule has 1 heterocycles. The van der Waals surface area contributed by atoms with Crippen LogP contribution in [0.15, 0.2) is 30.3 Å². The number of aliphatic carboxylic acids is 1. The van der Waals surface area contributed by atoms with Crippen molar-refractivity contribution in [3.05, 3.63) is 35.9 Å². The van der Waals surface area contributed by atoms with Crippen LogP contribution in [0, 0.1) is 5.92 Å². The number of hydrogen-bond acceptors (Lipinski definition) is 4. The van der Waals surface area contributed by atoms with Crippen LogP contribution in [0.4, 0.5) is 0 Å². The molecule has 1 fully saturated rings. The zero-order valence-corrected chi connectivity index (χ0v) is 14.5. The number of carbonyl (C=O) groups is 2. The third-order valence-corrected chi connectivity index (χ3v) is 4.23. The van der Waals surface area contributed by atoms with Gasteiger partial charge < -0.3 is 21.5 Å². The van der Waals surface area contributed by atoms with E-state index in [0.29, 0.717) is 6.54 Å². The van der Waals surface area contributed by atoms with Gasteiger partial charge in [-0.3, -0.25) is 9.59 Å². The van der Waals surface area contributed by atoms with E-state index in [1.807, 2.05) is 44.2 Å². The molecule has 1 amide bonds. The summed E-state index contributed by atoms with van der Waals surface area (Å²) in [6.07, 6.45) is 2.70. The highest BCUT2D eigenvalue weighted by molar-refractivity contribution is 5.81. The van der Waals surface area contributed by atoms with E-state index in [9.17, 15) is 9.59 Å². The van der Waals surface area contributed by atoms with Crippen LogP contribution in [0.1, 0.15) is 38.7 Å². The molecule has 6 heteroatoms. The first-order chi connectivity index (χ1) is 11.5. The normalized spacial score (nSPS) is 18.9. The van der Waals surface area contributed by atoms with Gasteiger partial charge in [0.2, 0.25) is 5.91 Å². The largest absolute Gasteiger partial charge is 0.480 e. The van der Waals surface area contributed by atoms with Crippen molar-refractivity contribution < 1.29 is 14.7 Å². The molecule has 0 saturated carbocycles. The number of rotatable bonds is 6. The van der Waals surface area contributed by atoms with E-state index in [2.05, 4.69) is 10.6 Å². The predicted octanol–water partition coefficient (Wildman–Crippen LogP) is 1.50. The van der Waals surface area contributed by atoms with Crippen molar-refractivity contribution in [1.82, 2.24) is 10.6 Å². The van der Waals surface area contributed by atoms with Crippen LogP contribution in [-0.2, 0) is 16.1 Å². The maximum Gasteiger partial charge on any atom is 0.320 e. The van der Waals surface area contributed by atoms with E-state index >= 15 is 0 Å². The van der Waals surface area contributed by atoms with Crippen LogP contribution < -0.4 is 16.4 Å². The SMILES string of the molecule is CC[C@H](C)[C@H](N)C(=O)NCc1ccccc1.O=C(O)[C@@H]1CCCN1. The molecule has 1 aliphatic heterocycles. The number of benzene rings is 1. The molecule has 3 atom stereocenters. The maximum atomic E-state index is 11.7. The van der Waals surface area contributed by atoms with Gasteiger partial charge in [0, 0.05) is 6.54 Å². The summed E-state index contributed by atoms with van der Waals surface area (Å²) < 4.78 is 0. The number of nitrogens with two attached hydrogens (primary N) is 1. The summed E-state index contributed by atoms with van der Waals surface area (Å²) in [5.41, 5.74) is 6.91. The monoisotopic (exact) mass is 335 g/mol. The van der Waals surface area contributed by atoms with Crippen molar-refractivity contribution in [2.75, 3.05) is 6.54 Å². The number of carbonyl (C=O) groups excluding carboxylic acids is 1. The average Bonchev–Trinajstić information content (AvgIpc) is 3.14. The van der Waals surface area contributed by atoms with Gasteiger partial charge in [-0.05, 0) is 30.9 Å². The molecule has 134 valence electrons. The van der Waals surface area contributed by atoms with Crippen molar-refractivity contribution in [2.24, 2.45) is 11.7 Å². The standard InChI is InChI=1S/C13H20N2O.C5H9NO2/c1-3-10(2)12(14)13(16)15-9-11-7-5-4-6-8-11;7-5(8)4-2-1-3-6-4/h4-8,10,12H,3,9,14H2,1-2H3,(H,15,16);4,6H,1-3H2,(H,7,8)/t10-,12-;4-/m00/s1. The van der Waals surface area contributed by atoms with Crippen molar-refractivity contribution in [2.45, 2.75) is 51.7 Å². The molecule has 1 saturated heterocycles. The molecule has 0 aliphatic carbocycles. The molecule has 1 aromatic carbocycles. The lowest BCUT2D eigenvalue weighted by atomic mass is 9.99. The van der Waals surface area contributed by atoms with Crippen LogP contribution >= 0.6 is 0 Å². The van der Waals surface area contributed by atoms with Gasteiger partial charge in [-0.15, -0.1) is 0 Å². The molecule has 6 nitrogen and oxygen atoms in total. The van der Waals surface area contributed by atoms with Gasteiger partial charge in [-0.2, -0.15) is 0 Å². The molecule has 0 bridgehead atoms. The average molecular weight is 335 g/mol. The molecule has 2 rings (SSSR count). The third-order valence-electron chi connectivity index (χ3n) is 4.23. The fraction of sp³-hybridized carbons (Fsp3) is 0.556. The Morgan fingerprint density at radius 1 is 1.38 bits per heavy atom. The smallest absolute Gasteiger partial charge is 0.320 e. The number of hydrogen-bond donors (Lipinski definition) is 4. The minimum absolute atomic E-state index is 0.0711. The van der Waals surface area contributed by atoms with Gasteiger partial charge >= 0.3 is 5.97 Å². The quantitative estimate of drug-likeness (QED) is 0.631. The molecular formula is C18H29N3O3. The second-order valence-electron chi connectivity index (χ2n) is 6.10. The summed E-state index contributed by atoms with van der Waals surface area (Å²) in [4.78, 5) is 21.8. The summed E-state index contributed by atoms with van der Waals surface area (Å²) in [5, 5.41) is 14.1. The van der Waals surface area contributed by atoms with Crippen molar-refractivity contribution in [3.63, 3.8) is 0 Å². The molecule has 0 unspecified atom stereocenters. The lowest BCUT2D eigenvalue weighted by Gasteiger charge is -2.17. The van der Waals surface area contributed by atoms with E-state index in [-0.39, 0.29) is 17.9 Å². The summed E-state index contributed by atoms with van der Waals surface area (Å²) in [6.45, 7) is 5.43. The first-order valence-corrected chi connectivity index (χ1v) is 8.49. The van der Waals surface area contributed by atoms with Crippen molar-refractivity contribution in [3.8, 4) is 0 Å². The Kier molecular flexibility index (Phi) is 9.04. The minimum atomic E-state index is -0.720. The van der Waals surface area contributed by atoms with Gasteiger partial charge in [-0.1, -0.05) is 50.6 Å². The second kappa shape index (κ2) is 10.8. The Morgan fingerprint density at radius 3 is 2.50 bits per heavy atom. The molecule has 0 radical (unpaired) electrons. The topological polar surface area (TPSA) is 104 Å². The Hall–Kier alpha value is -1.92. The first-order valence-electron chi connectivity index (χ1n) is 8.49. The van der Waals surface area contributed by atoms with Gasteiger partial charge in [0.25, 0.3) is 0 Å². The van der Waals surface area contributed by atoms with Crippen molar-refractivity contribution >= 4 is 11.9 Å². The number of carboxylic acids is 1. The summed E-state index contributed by atoms with van der Waals surface area (Å²) >= 11 is 0. The van der Waals surface area contributed by atoms with Gasteiger partial charge in [0.15, 0.2) is 0 Å². The summed E-state index contributed by atoms with van der Waals surface area (Å²) in [6, 6.07) is 9.15. The molecule has 0 aromatic heterocycles. The van der Waals surface area contributed by atoms with Crippen LogP contribution in [0.25, 0.3) is 0 Å². The lowest BCUT2D eigenvalue weighted by Crippen LogP contribution is -2.44. The first kappa shape index (κ1) is 20.1. The fourth-order valence-electron chi connectivity index (χ4n) is 2.31. The molecule has 1 aliphatic rings. The third kappa shape index (κ3) is 7.10. The maximum absolute atomic E-state index is 11.7. The minimum Gasteiger partial charge on any atom is -0.480 e. The van der Waals surface area contributed by atoms with E-state index in [1.54, 1.807) is 0 Å². The molecule has 0 spiro atoms. The fourth-order valence-corrected chi connectivity index (χ4v) is 2.31. The summed E-state index contributed by atoms with van der Waals surface area (Å²) in [7, 11) is 0. The highest BCUT2D eigenvalue weighted by atomic mass is 16.4. The molecular weight excluding hydrogens is 306 g/mol. The van der Waals surface area contributed by atoms with Gasteiger partial charge in [-0.25, -0.2) is 0 Å². The molecule has 24 heavy (non-hydrogen) atoms. The number of carboxylic acid groups (broad SMARTS) is 1. The van der Waals surface area contributed by atoms with E-state index < -0.39 is 12.0 Å². The number of nitrogens with one attached hydrogen (secondary N) is 2. The van der Waals surface area contributed by atoms with Crippen LogP contribution in [0.2, 0.25) is 0 Å². The van der Waals surface area contributed by atoms with E-state index in [1.165, 1.54) is 0 Å². The zero-order valence-electron chi connectivity index (χ0n) is 14.5. The van der Waals surface area contributed by atoms with E-state index in [4.69, 9.17) is 10.8 Å². The Morgan fingerprint density at radius 2 is 2.04 bits per heavy atom.